The Bertz CT molecular complexity index is 1410. The minimum atomic E-state index is -3.86. The third-order valence-electron chi connectivity index (χ3n) is 4.67. The van der Waals surface area contributed by atoms with Gasteiger partial charge >= 0.3 is 6.03 Å². The first-order chi connectivity index (χ1) is 16.0. The Labute approximate surface area is 195 Å². The van der Waals surface area contributed by atoms with Gasteiger partial charge in [-0.1, -0.05) is 20.4 Å². The number of urea groups is 1. The zero-order valence-electron chi connectivity index (χ0n) is 18.4. The van der Waals surface area contributed by atoms with Gasteiger partial charge in [-0.2, -0.15) is 10.4 Å². The Morgan fingerprint density at radius 3 is 2.76 bits per heavy atom. The van der Waals surface area contributed by atoms with Crippen molar-refractivity contribution in [2.24, 2.45) is 0 Å². The number of carbonyl (C=O) groups is 1. The second kappa shape index (κ2) is 9.72. The van der Waals surface area contributed by atoms with Crippen molar-refractivity contribution in [1.82, 2.24) is 19.5 Å². The molecule has 3 aromatic rings. The summed E-state index contributed by atoms with van der Waals surface area (Å²) in [7, 11) is -3.86. The summed E-state index contributed by atoms with van der Waals surface area (Å²) in [5, 5.41) is 24.7. The maximum absolute atomic E-state index is 14.4. The van der Waals surface area contributed by atoms with E-state index in [-0.39, 0.29) is 34.6 Å². The largest absolute Gasteiger partial charge is 0.511 e. The van der Waals surface area contributed by atoms with Crippen LogP contribution in [-0.2, 0) is 16.5 Å². The summed E-state index contributed by atoms with van der Waals surface area (Å²) in [5.74, 6) is -0.928. The van der Waals surface area contributed by atoms with Crippen molar-refractivity contribution in [3.05, 3.63) is 72.1 Å². The summed E-state index contributed by atoms with van der Waals surface area (Å²) in [6, 6.07) is 7.73. The van der Waals surface area contributed by atoms with Crippen molar-refractivity contribution >= 4 is 21.6 Å². The molecule has 2 amide bonds. The van der Waals surface area contributed by atoms with Gasteiger partial charge in [-0.3, -0.25) is 4.68 Å². The predicted molar refractivity (Wildman–Crippen MR) is 124 cm³/mol. The number of hydrogen-bond acceptors (Lipinski definition) is 7. The second-order valence-corrected chi connectivity index (χ2v) is 9.38. The number of pyridine rings is 1. The molecule has 2 heterocycles. The van der Waals surface area contributed by atoms with Crippen LogP contribution in [0.5, 0.6) is 0 Å². The van der Waals surface area contributed by atoms with E-state index in [4.69, 9.17) is 10.0 Å². The Kier molecular flexibility index (Phi) is 6.97. The van der Waals surface area contributed by atoms with E-state index < -0.39 is 21.8 Å². The highest BCUT2D eigenvalue weighted by molar-refractivity contribution is 7.91. The van der Waals surface area contributed by atoms with E-state index in [9.17, 15) is 18.5 Å². The number of aromatic nitrogens is 3. The van der Waals surface area contributed by atoms with E-state index >= 15 is 0 Å². The first kappa shape index (κ1) is 24.4. The van der Waals surface area contributed by atoms with Gasteiger partial charge in [0.1, 0.15) is 23.3 Å². The zero-order valence-corrected chi connectivity index (χ0v) is 19.2. The molecule has 0 aliphatic carbocycles. The van der Waals surface area contributed by atoms with Gasteiger partial charge in [0.2, 0.25) is 0 Å². The van der Waals surface area contributed by atoms with Crippen LogP contribution >= 0.6 is 0 Å². The predicted octanol–water partition coefficient (Wildman–Crippen LogP) is 4.29. The van der Waals surface area contributed by atoms with E-state index in [0.29, 0.717) is 16.7 Å². The number of nitriles is 1. The highest BCUT2D eigenvalue weighted by Crippen LogP contribution is 2.36. The van der Waals surface area contributed by atoms with Crippen LogP contribution in [0.1, 0.15) is 31.0 Å². The van der Waals surface area contributed by atoms with Crippen LogP contribution in [0.2, 0.25) is 0 Å². The van der Waals surface area contributed by atoms with E-state index in [1.165, 1.54) is 41.3 Å². The Morgan fingerprint density at radius 2 is 2.12 bits per heavy atom. The molecule has 1 atom stereocenters. The van der Waals surface area contributed by atoms with Gasteiger partial charge in [-0.05, 0) is 47.4 Å². The lowest BCUT2D eigenvalue weighted by Gasteiger charge is -2.19. The maximum Gasteiger partial charge on any atom is 0.332 e. The number of rotatable bonds is 7. The molecule has 2 aromatic heterocycles. The SMILES string of the molecule is C=C(O)Cn1ccc(S(=N)(=O)NC(=O)Nc2c(-c3ccnc(C#N)c3)cc(F)cc2C(C)C)n1. The van der Waals surface area contributed by atoms with Gasteiger partial charge in [-0.15, -0.1) is 0 Å². The molecular formula is C22H22FN7O3S. The molecule has 0 radical (unpaired) electrons. The van der Waals surface area contributed by atoms with Gasteiger partial charge in [-0.25, -0.2) is 27.9 Å². The van der Waals surface area contributed by atoms with Crippen molar-refractivity contribution in [3.8, 4) is 17.2 Å². The van der Waals surface area contributed by atoms with Crippen molar-refractivity contribution < 1.29 is 18.5 Å². The van der Waals surface area contributed by atoms with Crippen molar-refractivity contribution in [2.45, 2.75) is 31.3 Å². The molecule has 0 fully saturated rings. The number of halogens is 1. The number of anilines is 1. The number of aliphatic hydroxyl groups excluding tert-OH is 1. The summed E-state index contributed by atoms with van der Waals surface area (Å²) in [5.41, 5.74) is 1.54. The molecule has 1 unspecified atom stereocenters. The average Bonchev–Trinajstić information content (AvgIpc) is 3.23. The van der Waals surface area contributed by atoms with E-state index in [1.54, 1.807) is 6.07 Å². The van der Waals surface area contributed by atoms with E-state index in [0.717, 1.165) is 0 Å². The van der Waals surface area contributed by atoms with Crippen molar-refractivity contribution in [1.29, 1.82) is 10.0 Å². The van der Waals surface area contributed by atoms with Crippen LogP contribution in [0.3, 0.4) is 0 Å². The fraction of sp³-hybridized carbons (Fsp3) is 0.182. The molecule has 0 aliphatic rings. The topological polar surface area (TPSA) is 157 Å². The minimum Gasteiger partial charge on any atom is -0.511 e. The Hall–Kier alpha value is -4.24. The molecule has 1 aromatic carbocycles. The molecule has 3 rings (SSSR count). The quantitative estimate of drug-likeness (QED) is 0.367. The Morgan fingerprint density at radius 1 is 1.38 bits per heavy atom. The summed E-state index contributed by atoms with van der Waals surface area (Å²) in [6.07, 6.45) is 2.78. The molecule has 0 spiro atoms. The molecule has 176 valence electrons. The molecule has 4 N–H and O–H groups in total. The van der Waals surface area contributed by atoms with Crippen LogP contribution in [0.4, 0.5) is 14.9 Å². The van der Waals surface area contributed by atoms with Crippen LogP contribution in [0.25, 0.3) is 11.1 Å². The fourth-order valence-corrected chi connectivity index (χ4v) is 4.09. The molecular weight excluding hydrogens is 461 g/mol. The number of allylic oxidation sites excluding steroid dienone is 1. The minimum absolute atomic E-state index is 0.0605. The smallest absolute Gasteiger partial charge is 0.332 e. The van der Waals surface area contributed by atoms with Crippen LogP contribution < -0.4 is 10.0 Å². The van der Waals surface area contributed by atoms with Crippen LogP contribution in [-0.4, -0.2) is 30.1 Å². The number of nitrogens with zero attached hydrogens (tertiary/aromatic N) is 4. The number of nitrogens with one attached hydrogen (secondary N) is 3. The summed E-state index contributed by atoms with van der Waals surface area (Å²) < 4.78 is 38.7. The van der Waals surface area contributed by atoms with E-state index in [1.807, 2.05) is 19.9 Å². The molecule has 0 saturated carbocycles. The Balaban J connectivity index is 1.96. The molecule has 10 nitrogen and oxygen atoms in total. The lowest BCUT2D eigenvalue weighted by Crippen LogP contribution is -2.34. The first-order valence-corrected chi connectivity index (χ1v) is 11.5. The van der Waals surface area contributed by atoms with Gasteiger partial charge in [0, 0.05) is 18.0 Å². The molecule has 34 heavy (non-hydrogen) atoms. The van der Waals surface area contributed by atoms with Crippen molar-refractivity contribution in [3.63, 3.8) is 0 Å². The lowest BCUT2D eigenvalue weighted by molar-refractivity contribution is 0.256. The number of aliphatic hydroxyl groups is 1. The van der Waals surface area contributed by atoms with Crippen LogP contribution in [0.15, 0.2) is 60.1 Å². The van der Waals surface area contributed by atoms with Gasteiger partial charge in [0.25, 0.3) is 0 Å². The number of hydrogen-bond donors (Lipinski definition) is 4. The maximum atomic E-state index is 14.4. The van der Waals surface area contributed by atoms with E-state index in [2.05, 4.69) is 26.7 Å². The first-order valence-electron chi connectivity index (χ1n) is 9.98. The normalized spacial score (nSPS) is 12.6. The third kappa shape index (κ3) is 5.57. The standard InChI is InChI=1S/C22H22FN7O3S/c1-13(2)18-9-16(23)10-19(15-4-6-26-17(8-15)11-24)21(18)27-22(32)29-34(25,33)20-5-7-30(28-20)12-14(3)31/h4-10,13,31H,3,12H2,1-2H3,(H3,25,27,29,32,33). The molecule has 12 heteroatoms. The highest BCUT2D eigenvalue weighted by Gasteiger charge is 2.21. The third-order valence-corrected chi connectivity index (χ3v) is 5.95. The second-order valence-electron chi connectivity index (χ2n) is 7.64. The lowest BCUT2D eigenvalue weighted by atomic mass is 9.94. The van der Waals surface area contributed by atoms with Gasteiger partial charge < -0.3 is 10.4 Å². The molecule has 0 saturated heterocycles. The fourth-order valence-electron chi connectivity index (χ4n) is 3.20. The number of amides is 2. The monoisotopic (exact) mass is 483 g/mol. The van der Waals surface area contributed by atoms with Crippen LogP contribution in [0, 0.1) is 21.9 Å². The van der Waals surface area contributed by atoms with Gasteiger partial charge in [0.05, 0.1) is 12.2 Å². The number of benzene rings is 1. The zero-order chi connectivity index (χ0) is 25.0. The highest BCUT2D eigenvalue weighted by atomic mass is 32.2. The average molecular weight is 484 g/mol. The van der Waals surface area contributed by atoms with Crippen molar-refractivity contribution in [2.75, 3.05) is 5.32 Å². The van der Waals surface area contributed by atoms with Gasteiger partial charge in [0.15, 0.2) is 14.9 Å². The summed E-state index contributed by atoms with van der Waals surface area (Å²) in [4.78, 5) is 16.7. The molecule has 0 bridgehead atoms. The number of carbonyl (C=O) groups excluding carboxylic acids is 1. The molecule has 0 aliphatic heterocycles. The summed E-state index contributed by atoms with van der Waals surface area (Å²) in [6.45, 7) is 6.90. The summed E-state index contributed by atoms with van der Waals surface area (Å²) >= 11 is 0.